The van der Waals surface area contributed by atoms with Gasteiger partial charge in [-0.25, -0.2) is 13.8 Å². The van der Waals surface area contributed by atoms with Crippen LogP contribution in [0.15, 0.2) is 47.3 Å². The Hall–Kier alpha value is -4.30. The molecular formula is C22H17ClF2N8O. The summed E-state index contributed by atoms with van der Waals surface area (Å²) in [4.78, 5) is 25.9. The zero-order chi connectivity index (χ0) is 24.6. The largest absolute Gasteiger partial charge is 0.382 e. The summed E-state index contributed by atoms with van der Waals surface area (Å²) in [6, 6.07) is 11.3. The van der Waals surface area contributed by atoms with Crippen molar-refractivity contribution in [3.05, 3.63) is 74.8 Å². The molecule has 0 saturated carbocycles. The van der Waals surface area contributed by atoms with E-state index in [9.17, 15) is 18.8 Å². The fraction of sp³-hybridized carbons (Fsp3) is 0.136. The minimum Gasteiger partial charge on any atom is -0.382 e. The number of nitrogen functional groups attached to an aromatic ring is 2. The van der Waals surface area contributed by atoms with Gasteiger partial charge in [-0.3, -0.25) is 9.36 Å². The minimum absolute atomic E-state index is 0.0355. The van der Waals surface area contributed by atoms with E-state index in [1.165, 1.54) is 28.8 Å². The SMILES string of the molecule is CC(Nc1nc(N)nc(N)c1C#N)c1nc2cccc(Cl)c2c(=O)n1-c1cccc(C(F)F)c1. The number of aromatic nitrogens is 4. The summed E-state index contributed by atoms with van der Waals surface area (Å²) >= 11 is 6.27. The Labute approximate surface area is 196 Å². The van der Waals surface area contributed by atoms with Crippen molar-refractivity contribution in [2.45, 2.75) is 19.4 Å². The molecule has 12 heteroatoms. The van der Waals surface area contributed by atoms with Crippen LogP contribution in [0.5, 0.6) is 0 Å². The molecule has 0 fully saturated rings. The molecule has 2 aromatic carbocycles. The van der Waals surface area contributed by atoms with Gasteiger partial charge in [0.15, 0.2) is 5.82 Å². The van der Waals surface area contributed by atoms with Crippen molar-refractivity contribution >= 4 is 40.1 Å². The van der Waals surface area contributed by atoms with Crippen molar-refractivity contribution in [2.24, 2.45) is 0 Å². The Kier molecular flexibility index (Phi) is 6.00. The number of nitrogens with two attached hydrogens (primary N) is 2. The van der Waals surface area contributed by atoms with Crippen LogP contribution in [-0.2, 0) is 0 Å². The number of benzene rings is 2. The average Bonchev–Trinajstić information content (AvgIpc) is 2.78. The van der Waals surface area contributed by atoms with E-state index in [-0.39, 0.29) is 50.6 Å². The number of hydrogen-bond donors (Lipinski definition) is 3. The van der Waals surface area contributed by atoms with Gasteiger partial charge >= 0.3 is 0 Å². The molecule has 2 heterocycles. The van der Waals surface area contributed by atoms with Gasteiger partial charge < -0.3 is 16.8 Å². The number of nitriles is 1. The molecule has 4 rings (SSSR count). The van der Waals surface area contributed by atoms with Gasteiger partial charge in [-0.2, -0.15) is 15.2 Å². The lowest BCUT2D eigenvalue weighted by Gasteiger charge is -2.21. The Morgan fingerprint density at radius 2 is 1.88 bits per heavy atom. The number of halogens is 3. The summed E-state index contributed by atoms with van der Waals surface area (Å²) in [5, 5.41) is 12.7. The number of fused-ring (bicyclic) bond motifs is 1. The van der Waals surface area contributed by atoms with Gasteiger partial charge in [0.1, 0.15) is 23.3 Å². The second-order valence-corrected chi connectivity index (χ2v) is 7.72. The van der Waals surface area contributed by atoms with Crippen LogP contribution < -0.4 is 22.3 Å². The summed E-state index contributed by atoms with van der Waals surface area (Å²) < 4.78 is 28.0. The number of nitrogens with zero attached hydrogens (tertiary/aromatic N) is 5. The Balaban J connectivity index is 1.96. The van der Waals surface area contributed by atoms with Crippen molar-refractivity contribution in [1.29, 1.82) is 5.26 Å². The number of hydrogen-bond acceptors (Lipinski definition) is 8. The lowest BCUT2D eigenvalue weighted by Crippen LogP contribution is -2.28. The molecule has 1 atom stereocenters. The maximum atomic E-state index is 13.5. The van der Waals surface area contributed by atoms with Gasteiger partial charge in [-0.15, -0.1) is 0 Å². The molecule has 2 aromatic heterocycles. The highest BCUT2D eigenvalue weighted by Crippen LogP contribution is 2.28. The number of nitrogens with one attached hydrogen (secondary N) is 1. The predicted octanol–water partition coefficient (Wildman–Crippen LogP) is 3.98. The average molecular weight is 483 g/mol. The van der Waals surface area contributed by atoms with Crippen LogP contribution in [-0.4, -0.2) is 19.5 Å². The standard InChI is InChI=1S/C22H17ClF2N8O/c1-10(29-19-13(9-26)18(27)31-22(28)32-19)20-30-15-7-3-6-14(23)16(15)21(34)33(20)12-5-2-4-11(8-12)17(24)25/h2-8,10,17H,1H3,(H5,27,28,29,31,32). The molecule has 172 valence electrons. The fourth-order valence-electron chi connectivity index (χ4n) is 3.53. The van der Waals surface area contributed by atoms with E-state index in [4.69, 9.17) is 23.1 Å². The first kappa shape index (κ1) is 22.9. The molecule has 5 N–H and O–H groups in total. The van der Waals surface area contributed by atoms with Crippen molar-refractivity contribution in [3.8, 4) is 11.8 Å². The smallest absolute Gasteiger partial charge is 0.267 e. The Morgan fingerprint density at radius 3 is 2.59 bits per heavy atom. The number of anilines is 3. The minimum atomic E-state index is -2.74. The van der Waals surface area contributed by atoms with Crippen LogP contribution in [0, 0.1) is 11.3 Å². The third-order valence-corrected chi connectivity index (χ3v) is 5.37. The number of rotatable bonds is 5. The first-order valence-electron chi connectivity index (χ1n) is 9.90. The Morgan fingerprint density at radius 1 is 1.15 bits per heavy atom. The molecule has 1 unspecified atom stereocenters. The molecular weight excluding hydrogens is 466 g/mol. The van der Waals surface area contributed by atoms with E-state index in [1.807, 2.05) is 6.07 Å². The van der Waals surface area contributed by atoms with Gasteiger partial charge in [0, 0.05) is 5.56 Å². The maximum Gasteiger partial charge on any atom is 0.267 e. The summed E-state index contributed by atoms with van der Waals surface area (Å²) in [7, 11) is 0. The summed E-state index contributed by atoms with van der Waals surface area (Å²) in [6.07, 6.45) is -2.74. The third-order valence-electron chi connectivity index (χ3n) is 5.06. The highest BCUT2D eigenvalue weighted by atomic mass is 35.5. The first-order valence-corrected chi connectivity index (χ1v) is 10.3. The van der Waals surface area contributed by atoms with Crippen LogP contribution in [0.1, 0.15) is 36.3 Å². The Bertz CT molecular complexity index is 1520. The van der Waals surface area contributed by atoms with E-state index in [0.717, 1.165) is 0 Å². The predicted molar refractivity (Wildman–Crippen MR) is 125 cm³/mol. The highest BCUT2D eigenvalue weighted by Gasteiger charge is 2.22. The van der Waals surface area contributed by atoms with Gasteiger partial charge in [0.25, 0.3) is 12.0 Å². The van der Waals surface area contributed by atoms with Crippen LogP contribution in [0.2, 0.25) is 5.02 Å². The molecule has 4 aromatic rings. The molecule has 0 radical (unpaired) electrons. The van der Waals surface area contributed by atoms with Gasteiger partial charge in [-0.05, 0) is 31.2 Å². The number of alkyl halides is 2. The molecule has 34 heavy (non-hydrogen) atoms. The maximum absolute atomic E-state index is 13.5. The van der Waals surface area contributed by atoms with E-state index < -0.39 is 18.0 Å². The van der Waals surface area contributed by atoms with E-state index in [1.54, 1.807) is 25.1 Å². The second kappa shape index (κ2) is 8.92. The molecule has 0 aliphatic heterocycles. The van der Waals surface area contributed by atoms with Gasteiger partial charge in [0.2, 0.25) is 5.95 Å². The summed E-state index contributed by atoms with van der Waals surface area (Å²) in [6.45, 7) is 1.65. The zero-order valence-electron chi connectivity index (χ0n) is 17.6. The van der Waals surface area contributed by atoms with E-state index >= 15 is 0 Å². The first-order chi connectivity index (χ1) is 16.2. The lowest BCUT2D eigenvalue weighted by atomic mass is 10.1. The van der Waals surface area contributed by atoms with Gasteiger partial charge in [0.05, 0.1) is 27.7 Å². The van der Waals surface area contributed by atoms with E-state index in [0.29, 0.717) is 5.52 Å². The van der Waals surface area contributed by atoms with Crippen LogP contribution in [0.25, 0.3) is 16.6 Å². The highest BCUT2D eigenvalue weighted by molar-refractivity contribution is 6.35. The van der Waals surface area contributed by atoms with Crippen molar-refractivity contribution in [1.82, 2.24) is 19.5 Å². The van der Waals surface area contributed by atoms with Crippen LogP contribution in [0.4, 0.5) is 26.4 Å². The molecule has 0 aliphatic carbocycles. The monoisotopic (exact) mass is 482 g/mol. The molecule has 0 bridgehead atoms. The van der Waals surface area contributed by atoms with Crippen molar-refractivity contribution < 1.29 is 8.78 Å². The normalized spacial score (nSPS) is 12.0. The van der Waals surface area contributed by atoms with Crippen LogP contribution in [0.3, 0.4) is 0 Å². The van der Waals surface area contributed by atoms with Crippen molar-refractivity contribution in [3.63, 3.8) is 0 Å². The zero-order valence-corrected chi connectivity index (χ0v) is 18.4. The van der Waals surface area contributed by atoms with E-state index in [2.05, 4.69) is 20.3 Å². The van der Waals surface area contributed by atoms with Crippen LogP contribution >= 0.6 is 11.6 Å². The van der Waals surface area contributed by atoms with Gasteiger partial charge in [-0.1, -0.05) is 29.8 Å². The lowest BCUT2D eigenvalue weighted by molar-refractivity contribution is 0.151. The molecule has 0 saturated heterocycles. The second-order valence-electron chi connectivity index (χ2n) is 7.31. The third kappa shape index (κ3) is 4.06. The topological polar surface area (TPSA) is 149 Å². The molecule has 9 nitrogen and oxygen atoms in total. The molecule has 0 amide bonds. The summed E-state index contributed by atoms with van der Waals surface area (Å²) in [5.41, 5.74) is 11.1. The quantitative estimate of drug-likeness (QED) is 0.386. The summed E-state index contributed by atoms with van der Waals surface area (Å²) in [5.74, 6) is -0.0874. The fourth-order valence-corrected chi connectivity index (χ4v) is 3.78. The van der Waals surface area contributed by atoms with Crippen molar-refractivity contribution in [2.75, 3.05) is 16.8 Å². The molecule has 0 aliphatic rings. The molecule has 0 spiro atoms.